The molecule has 1 saturated carbocycles. The van der Waals surface area contributed by atoms with Gasteiger partial charge in [-0.3, -0.25) is 4.79 Å². The van der Waals surface area contributed by atoms with Crippen LogP contribution in [-0.2, 0) is 11.2 Å². The Balaban J connectivity index is 1.20. The number of aryl methyl sites for hydroxylation is 1. The zero-order valence-electron chi connectivity index (χ0n) is 23.0. The van der Waals surface area contributed by atoms with Crippen molar-refractivity contribution in [1.29, 1.82) is 0 Å². The summed E-state index contributed by atoms with van der Waals surface area (Å²) in [6, 6.07) is 11.4. The van der Waals surface area contributed by atoms with E-state index >= 15 is 0 Å². The highest BCUT2D eigenvalue weighted by atomic mass is 16.5. The number of carbonyl (C=O) groups excluding carboxylic acids is 1. The summed E-state index contributed by atoms with van der Waals surface area (Å²) in [5.41, 5.74) is 6.58. The zero-order chi connectivity index (χ0) is 27.9. The molecular formula is C31H31N5O5. The van der Waals surface area contributed by atoms with Gasteiger partial charge in [0, 0.05) is 18.9 Å². The first-order valence-electron chi connectivity index (χ1n) is 14.0. The number of nitrogens with one attached hydrogen (secondary N) is 2. The minimum absolute atomic E-state index is 0.0460. The molecule has 41 heavy (non-hydrogen) atoms. The van der Waals surface area contributed by atoms with Gasteiger partial charge in [0.2, 0.25) is 11.8 Å². The lowest BCUT2D eigenvalue weighted by molar-refractivity contribution is -0.00346. The molecule has 0 unspecified atom stereocenters. The first-order valence-corrected chi connectivity index (χ1v) is 14.0. The Bertz CT molecular complexity index is 1670. The van der Waals surface area contributed by atoms with Crippen LogP contribution >= 0.6 is 0 Å². The molecule has 0 spiro atoms. The third-order valence-electron chi connectivity index (χ3n) is 7.79. The molecule has 0 radical (unpaired) electrons. The van der Waals surface area contributed by atoms with Crippen LogP contribution in [0.4, 0.5) is 11.6 Å². The molecule has 4 aromatic rings. The van der Waals surface area contributed by atoms with Gasteiger partial charge >= 0.3 is 0 Å². The third kappa shape index (κ3) is 4.99. The Kier molecular flexibility index (Phi) is 6.54. The summed E-state index contributed by atoms with van der Waals surface area (Å²) in [4.78, 5) is 26.8. The molecule has 1 amide bonds. The minimum atomic E-state index is -0.165. The Morgan fingerprint density at radius 3 is 2.68 bits per heavy atom. The second kappa shape index (κ2) is 10.5. The van der Waals surface area contributed by atoms with E-state index < -0.39 is 0 Å². The molecule has 1 aliphatic heterocycles. The van der Waals surface area contributed by atoms with Crippen LogP contribution in [0.15, 0.2) is 46.9 Å². The third-order valence-corrected chi connectivity index (χ3v) is 7.79. The van der Waals surface area contributed by atoms with E-state index in [9.17, 15) is 4.79 Å². The molecule has 2 aromatic heterocycles. The maximum Gasteiger partial charge on any atom is 0.251 e. The highest BCUT2D eigenvalue weighted by Crippen LogP contribution is 2.41. The number of carbonyl (C=O) groups is 1. The topological polar surface area (TPSA) is 121 Å². The van der Waals surface area contributed by atoms with Crippen molar-refractivity contribution in [2.24, 2.45) is 0 Å². The number of benzene rings is 2. The summed E-state index contributed by atoms with van der Waals surface area (Å²) in [6.07, 6.45) is 7.25. The minimum Gasteiger partial charge on any atom is -0.495 e. The largest absolute Gasteiger partial charge is 0.495 e. The molecule has 210 valence electrons. The average molecular weight is 554 g/mol. The molecule has 10 nitrogen and oxygen atoms in total. The van der Waals surface area contributed by atoms with Gasteiger partial charge in [-0.25, -0.2) is 9.97 Å². The highest BCUT2D eigenvalue weighted by molar-refractivity contribution is 5.95. The zero-order valence-corrected chi connectivity index (χ0v) is 23.0. The van der Waals surface area contributed by atoms with E-state index in [1.165, 1.54) is 0 Å². The van der Waals surface area contributed by atoms with Crippen LogP contribution in [0.25, 0.3) is 16.7 Å². The van der Waals surface area contributed by atoms with Gasteiger partial charge in [0.05, 0.1) is 43.3 Å². The number of rotatable bonds is 8. The SMILES string of the molecule is COc1cc(C(=O)NC2COC2)ccc1Nc1nc2c(c(OC3CCCC3)n1)C(c1ccc3nc(C)oc3c1)=CC2. The van der Waals surface area contributed by atoms with Gasteiger partial charge in [-0.15, -0.1) is 0 Å². The van der Waals surface area contributed by atoms with Crippen molar-refractivity contribution in [3.05, 3.63) is 70.7 Å². The molecule has 10 heteroatoms. The summed E-state index contributed by atoms with van der Waals surface area (Å²) in [6.45, 7) is 2.92. The number of hydrogen-bond acceptors (Lipinski definition) is 9. The average Bonchev–Trinajstić information content (AvgIpc) is 3.70. The second-order valence-electron chi connectivity index (χ2n) is 10.7. The monoisotopic (exact) mass is 553 g/mol. The molecule has 3 aliphatic rings. The molecule has 0 atom stereocenters. The van der Waals surface area contributed by atoms with Crippen molar-refractivity contribution in [2.45, 2.75) is 51.2 Å². The molecule has 7 rings (SSSR count). The van der Waals surface area contributed by atoms with Gasteiger partial charge in [-0.1, -0.05) is 12.1 Å². The first-order chi connectivity index (χ1) is 20.0. The van der Waals surface area contributed by atoms with Crippen molar-refractivity contribution in [3.8, 4) is 11.6 Å². The number of allylic oxidation sites excluding steroid dienone is 1. The fourth-order valence-corrected chi connectivity index (χ4v) is 5.62. The van der Waals surface area contributed by atoms with E-state index in [1.54, 1.807) is 25.3 Å². The molecule has 3 heterocycles. The first kappa shape index (κ1) is 25.5. The van der Waals surface area contributed by atoms with Crippen LogP contribution in [0.3, 0.4) is 0 Å². The van der Waals surface area contributed by atoms with Gasteiger partial charge in [0.15, 0.2) is 11.5 Å². The number of anilines is 2. The molecule has 2 N–H and O–H groups in total. The second-order valence-corrected chi connectivity index (χ2v) is 10.7. The van der Waals surface area contributed by atoms with Crippen molar-refractivity contribution in [1.82, 2.24) is 20.3 Å². The number of amides is 1. The summed E-state index contributed by atoms with van der Waals surface area (Å²) in [5, 5.41) is 6.26. The standard InChI is InChI=1S/C31H31N5O5/c1-17-32-24-10-7-18(13-27(24)40-17)22-9-12-25-28(22)30(41-21-5-3-4-6-21)36-31(35-25)34-23-11-8-19(14-26(23)38-2)29(37)33-20-15-39-16-20/h7-11,13-14,20-21H,3-6,12,15-16H2,1-2H3,(H,33,37)(H,34,35,36). The van der Waals surface area contributed by atoms with Gasteiger partial charge in [-0.05, 0) is 67.2 Å². The van der Waals surface area contributed by atoms with E-state index in [4.69, 9.17) is 28.6 Å². The molecule has 0 bridgehead atoms. The molecule has 1 saturated heterocycles. The Labute approximate surface area is 237 Å². The number of aromatic nitrogens is 3. The maximum atomic E-state index is 12.6. The Morgan fingerprint density at radius 2 is 1.90 bits per heavy atom. The number of nitrogens with zero attached hydrogens (tertiary/aromatic N) is 3. The van der Waals surface area contributed by atoms with Crippen LogP contribution < -0.4 is 20.1 Å². The van der Waals surface area contributed by atoms with E-state index in [1.807, 2.05) is 19.1 Å². The van der Waals surface area contributed by atoms with Gasteiger partial charge in [-0.2, -0.15) is 4.98 Å². The quantitative estimate of drug-likeness (QED) is 0.306. The van der Waals surface area contributed by atoms with Crippen molar-refractivity contribution >= 4 is 34.2 Å². The lowest BCUT2D eigenvalue weighted by Gasteiger charge is -2.26. The lowest BCUT2D eigenvalue weighted by Crippen LogP contribution is -2.48. The van der Waals surface area contributed by atoms with Crippen LogP contribution in [-0.4, -0.2) is 53.3 Å². The predicted molar refractivity (Wildman–Crippen MR) is 153 cm³/mol. The fraction of sp³-hybridized carbons (Fsp3) is 0.355. The van der Waals surface area contributed by atoms with E-state index in [2.05, 4.69) is 27.8 Å². The summed E-state index contributed by atoms with van der Waals surface area (Å²) < 4.78 is 23.1. The van der Waals surface area contributed by atoms with Crippen LogP contribution in [0.5, 0.6) is 11.6 Å². The molecular weight excluding hydrogens is 522 g/mol. The molecule has 2 fully saturated rings. The fourth-order valence-electron chi connectivity index (χ4n) is 5.62. The summed E-state index contributed by atoms with van der Waals surface area (Å²) in [7, 11) is 1.57. The van der Waals surface area contributed by atoms with Crippen LogP contribution in [0, 0.1) is 6.92 Å². The van der Waals surface area contributed by atoms with Crippen LogP contribution in [0.1, 0.15) is 58.8 Å². The van der Waals surface area contributed by atoms with Gasteiger partial charge in [0.1, 0.15) is 17.4 Å². The van der Waals surface area contributed by atoms with E-state index in [0.717, 1.165) is 59.2 Å². The lowest BCUT2D eigenvalue weighted by atomic mass is 10.0. The number of oxazole rings is 1. The summed E-state index contributed by atoms with van der Waals surface area (Å²) in [5.74, 6) is 1.97. The van der Waals surface area contributed by atoms with Gasteiger partial charge < -0.3 is 29.3 Å². The van der Waals surface area contributed by atoms with E-state index in [0.29, 0.717) is 54.4 Å². The van der Waals surface area contributed by atoms with Gasteiger partial charge in [0.25, 0.3) is 5.91 Å². The van der Waals surface area contributed by atoms with Crippen molar-refractivity contribution in [2.75, 3.05) is 25.6 Å². The van der Waals surface area contributed by atoms with Crippen LogP contribution in [0.2, 0.25) is 0 Å². The number of methoxy groups -OCH3 is 1. The number of ether oxygens (including phenoxy) is 3. The van der Waals surface area contributed by atoms with E-state index in [-0.39, 0.29) is 18.1 Å². The highest BCUT2D eigenvalue weighted by Gasteiger charge is 2.28. The predicted octanol–water partition coefficient (Wildman–Crippen LogP) is 5.12. The maximum absolute atomic E-state index is 12.6. The summed E-state index contributed by atoms with van der Waals surface area (Å²) >= 11 is 0. The normalized spacial score (nSPS) is 16.8. The molecule has 2 aromatic carbocycles. The Hall–Kier alpha value is -4.44. The molecule has 2 aliphatic carbocycles. The number of hydrogen-bond donors (Lipinski definition) is 2. The number of fused-ring (bicyclic) bond motifs is 2. The smallest absolute Gasteiger partial charge is 0.251 e. The van der Waals surface area contributed by atoms with Crippen molar-refractivity contribution < 1.29 is 23.4 Å². The Morgan fingerprint density at radius 1 is 1.05 bits per heavy atom. The van der Waals surface area contributed by atoms with Crippen molar-refractivity contribution in [3.63, 3.8) is 0 Å².